The lowest BCUT2D eigenvalue weighted by molar-refractivity contribution is -0.312. The quantitative estimate of drug-likeness (QED) is 0.787. The molecule has 1 saturated heterocycles. The minimum atomic E-state index is -5.88. The first-order valence-electron chi connectivity index (χ1n) is 6.29. The third kappa shape index (κ3) is 2.55. The minimum absolute atomic E-state index is 0.00190. The molecule has 0 aliphatic carbocycles. The molecule has 1 N–H and O–H groups in total. The van der Waals surface area contributed by atoms with E-state index in [1.54, 1.807) is 0 Å². The molecule has 0 radical (unpaired) electrons. The van der Waals surface area contributed by atoms with E-state index in [1.165, 1.54) is 0 Å². The molecule has 0 spiro atoms. The third-order valence-electron chi connectivity index (χ3n) is 3.73. The fourth-order valence-corrected chi connectivity index (χ4v) is 2.64. The van der Waals surface area contributed by atoms with Crippen LogP contribution in [0.1, 0.15) is 24.0 Å². The fraction of sp³-hybridized carbons (Fsp3) is 0.538. The molecular formula is C13H11F8N. The van der Waals surface area contributed by atoms with E-state index in [9.17, 15) is 35.1 Å². The summed E-state index contributed by atoms with van der Waals surface area (Å²) in [7, 11) is 0. The lowest BCUT2D eigenvalue weighted by Gasteiger charge is -2.39. The van der Waals surface area contributed by atoms with E-state index >= 15 is 0 Å². The Bertz CT molecular complexity index is 540. The van der Waals surface area contributed by atoms with Gasteiger partial charge in [0.25, 0.3) is 0 Å². The van der Waals surface area contributed by atoms with Gasteiger partial charge in [-0.15, -0.1) is 0 Å². The van der Waals surface area contributed by atoms with Gasteiger partial charge >= 0.3 is 18.3 Å². The van der Waals surface area contributed by atoms with Gasteiger partial charge in [0.05, 0.1) is 5.56 Å². The molecule has 1 aromatic rings. The summed E-state index contributed by atoms with van der Waals surface area (Å²) in [6, 6.07) is 2.65. The molecule has 0 amide bonds. The summed E-state index contributed by atoms with van der Waals surface area (Å²) >= 11 is 0. The van der Waals surface area contributed by atoms with Crippen molar-refractivity contribution in [1.29, 1.82) is 0 Å². The largest absolute Gasteiger partial charge is 0.455 e. The van der Waals surface area contributed by atoms with E-state index in [0.717, 1.165) is 12.1 Å². The van der Waals surface area contributed by atoms with E-state index in [-0.39, 0.29) is 13.0 Å². The number of hydrogen-bond donors (Lipinski definition) is 1. The molecule has 2 rings (SSSR count). The Morgan fingerprint density at radius 2 is 1.59 bits per heavy atom. The van der Waals surface area contributed by atoms with Crippen molar-refractivity contribution < 1.29 is 35.1 Å². The molecular weight excluding hydrogens is 322 g/mol. The molecule has 1 unspecified atom stereocenters. The molecule has 1 aliphatic heterocycles. The molecule has 1 heterocycles. The number of nitrogens with one attached hydrogen (secondary N) is 1. The monoisotopic (exact) mass is 333 g/mol. The molecule has 22 heavy (non-hydrogen) atoms. The zero-order valence-electron chi connectivity index (χ0n) is 11.0. The highest BCUT2D eigenvalue weighted by atomic mass is 19.4. The van der Waals surface area contributed by atoms with Crippen LogP contribution in [0.15, 0.2) is 24.3 Å². The maximum absolute atomic E-state index is 13.9. The lowest BCUT2D eigenvalue weighted by Crippen LogP contribution is -2.59. The maximum Gasteiger partial charge on any atom is 0.455 e. The van der Waals surface area contributed by atoms with Gasteiger partial charge in [-0.3, -0.25) is 0 Å². The zero-order chi connectivity index (χ0) is 16.8. The van der Waals surface area contributed by atoms with E-state index < -0.39 is 41.4 Å². The van der Waals surface area contributed by atoms with Crippen LogP contribution in [0, 0.1) is 0 Å². The lowest BCUT2D eigenvalue weighted by atomic mass is 9.81. The second kappa shape index (κ2) is 5.07. The molecule has 124 valence electrons. The Morgan fingerprint density at radius 1 is 0.955 bits per heavy atom. The smallest absolute Gasteiger partial charge is 0.302 e. The number of halogens is 8. The summed E-state index contributed by atoms with van der Waals surface area (Å²) in [5.41, 5.74) is -4.87. The predicted octanol–water partition coefficient (Wildman–Crippen LogP) is 4.48. The Kier molecular flexibility index (Phi) is 3.92. The highest BCUT2D eigenvalue weighted by molar-refractivity contribution is 5.35. The summed E-state index contributed by atoms with van der Waals surface area (Å²) < 4.78 is 104. The second-order valence-corrected chi connectivity index (χ2v) is 5.09. The predicted molar refractivity (Wildman–Crippen MR) is 61.4 cm³/mol. The highest BCUT2D eigenvalue weighted by Gasteiger charge is 2.71. The van der Waals surface area contributed by atoms with Crippen molar-refractivity contribution in [3.63, 3.8) is 0 Å². The number of benzene rings is 1. The van der Waals surface area contributed by atoms with Gasteiger partial charge in [-0.2, -0.15) is 35.1 Å². The third-order valence-corrected chi connectivity index (χ3v) is 3.73. The molecule has 0 saturated carbocycles. The average molecular weight is 333 g/mol. The first kappa shape index (κ1) is 17.0. The standard InChI is InChI=1S/C13H11F8N/c14-11(15,16)9-4-1-3-8(7-9)10(5-2-6-22-10)12(17,18)13(19,20)21/h1,3-4,7,22H,2,5-6H2. The molecule has 9 heteroatoms. The van der Waals surface area contributed by atoms with Crippen molar-refractivity contribution in [3.05, 3.63) is 35.4 Å². The van der Waals surface area contributed by atoms with Gasteiger partial charge in [0.2, 0.25) is 0 Å². The maximum atomic E-state index is 13.9. The van der Waals surface area contributed by atoms with E-state index in [2.05, 4.69) is 5.32 Å². The molecule has 0 bridgehead atoms. The van der Waals surface area contributed by atoms with Gasteiger partial charge in [-0.1, -0.05) is 12.1 Å². The van der Waals surface area contributed by atoms with Crippen molar-refractivity contribution in [2.24, 2.45) is 0 Å². The Balaban J connectivity index is 2.59. The van der Waals surface area contributed by atoms with E-state index in [0.29, 0.717) is 12.1 Å². The number of alkyl halides is 8. The van der Waals surface area contributed by atoms with Crippen molar-refractivity contribution >= 4 is 0 Å². The average Bonchev–Trinajstić information content (AvgIpc) is 2.87. The van der Waals surface area contributed by atoms with Crippen LogP contribution in [0.5, 0.6) is 0 Å². The van der Waals surface area contributed by atoms with Gasteiger partial charge in [0, 0.05) is 0 Å². The summed E-state index contributed by atoms with van der Waals surface area (Å²) in [6.07, 6.45) is -11.3. The second-order valence-electron chi connectivity index (χ2n) is 5.09. The normalized spacial score (nSPS) is 23.8. The van der Waals surface area contributed by atoms with Crippen molar-refractivity contribution in [3.8, 4) is 0 Å². The number of rotatable bonds is 2. The van der Waals surface area contributed by atoms with Crippen LogP contribution in [-0.4, -0.2) is 18.6 Å². The van der Waals surface area contributed by atoms with Crippen LogP contribution in [0.4, 0.5) is 35.1 Å². The molecule has 1 aliphatic rings. The fourth-order valence-electron chi connectivity index (χ4n) is 2.64. The van der Waals surface area contributed by atoms with Crippen LogP contribution < -0.4 is 5.32 Å². The minimum Gasteiger partial charge on any atom is -0.302 e. The van der Waals surface area contributed by atoms with Gasteiger partial charge in [-0.25, -0.2) is 0 Å². The van der Waals surface area contributed by atoms with Crippen LogP contribution in [0.25, 0.3) is 0 Å². The molecule has 1 nitrogen and oxygen atoms in total. The Labute approximate surface area is 120 Å². The summed E-state index contributed by atoms with van der Waals surface area (Å²) in [5, 5.41) is 2.07. The van der Waals surface area contributed by atoms with Crippen LogP contribution in [-0.2, 0) is 11.7 Å². The van der Waals surface area contributed by atoms with Crippen molar-refractivity contribution in [2.75, 3.05) is 6.54 Å². The summed E-state index contributed by atoms with van der Waals surface area (Å²) in [4.78, 5) is 0. The highest BCUT2D eigenvalue weighted by Crippen LogP contribution is 2.52. The SMILES string of the molecule is FC(F)(F)c1cccc(C2(C(F)(F)C(F)(F)F)CCCN2)c1. The van der Waals surface area contributed by atoms with Gasteiger partial charge in [0.1, 0.15) is 5.54 Å². The molecule has 0 aromatic heterocycles. The van der Waals surface area contributed by atoms with Gasteiger partial charge in [0.15, 0.2) is 0 Å². The van der Waals surface area contributed by atoms with E-state index in [1.807, 2.05) is 0 Å². The first-order chi connectivity index (χ1) is 9.92. The molecule has 1 fully saturated rings. The van der Waals surface area contributed by atoms with Gasteiger partial charge in [-0.05, 0) is 37.1 Å². The van der Waals surface area contributed by atoms with E-state index in [4.69, 9.17) is 0 Å². The van der Waals surface area contributed by atoms with Crippen LogP contribution >= 0.6 is 0 Å². The first-order valence-corrected chi connectivity index (χ1v) is 6.29. The Hall–Kier alpha value is -1.38. The van der Waals surface area contributed by atoms with Crippen LogP contribution in [0.2, 0.25) is 0 Å². The Morgan fingerprint density at radius 3 is 2.05 bits per heavy atom. The molecule has 1 atom stereocenters. The molecule has 1 aromatic carbocycles. The zero-order valence-corrected chi connectivity index (χ0v) is 11.0. The summed E-state index contributed by atoms with van der Waals surface area (Å²) in [5.74, 6) is -5.19. The van der Waals surface area contributed by atoms with Crippen LogP contribution in [0.3, 0.4) is 0 Å². The van der Waals surface area contributed by atoms with Gasteiger partial charge < -0.3 is 5.32 Å². The number of hydrogen-bond acceptors (Lipinski definition) is 1. The van der Waals surface area contributed by atoms with Crippen molar-refractivity contribution in [2.45, 2.75) is 36.7 Å². The summed E-state index contributed by atoms with van der Waals surface area (Å²) in [6.45, 7) is -0.137. The topological polar surface area (TPSA) is 12.0 Å². The van der Waals surface area contributed by atoms with Crippen molar-refractivity contribution in [1.82, 2.24) is 5.32 Å².